The lowest BCUT2D eigenvalue weighted by molar-refractivity contribution is 0.103. The quantitative estimate of drug-likeness (QED) is 0.660. The van der Waals surface area contributed by atoms with Crippen LogP contribution < -0.4 is 15.2 Å². The highest BCUT2D eigenvalue weighted by Gasteiger charge is 2.14. The first-order valence-electron chi connectivity index (χ1n) is 6.47. The van der Waals surface area contributed by atoms with Crippen molar-refractivity contribution in [2.75, 3.05) is 19.5 Å². The summed E-state index contributed by atoms with van der Waals surface area (Å²) in [5, 5.41) is 0. The Labute approximate surface area is 132 Å². The van der Waals surface area contributed by atoms with Gasteiger partial charge in [-0.05, 0) is 59.3 Å². The summed E-state index contributed by atoms with van der Waals surface area (Å²) in [7, 11) is 1.58. The number of carbonyl (C=O) groups excluding carboxylic acids is 1. The van der Waals surface area contributed by atoms with Gasteiger partial charge in [0.15, 0.2) is 5.78 Å². The topological polar surface area (TPSA) is 61.5 Å². The van der Waals surface area contributed by atoms with E-state index in [9.17, 15) is 4.79 Å². The van der Waals surface area contributed by atoms with Crippen LogP contribution in [0.1, 0.15) is 22.8 Å². The van der Waals surface area contributed by atoms with Crippen LogP contribution in [0, 0.1) is 0 Å². The second-order valence-electron chi connectivity index (χ2n) is 4.36. The Kier molecular flexibility index (Phi) is 4.85. The van der Waals surface area contributed by atoms with Crippen molar-refractivity contribution in [1.29, 1.82) is 0 Å². The van der Waals surface area contributed by atoms with Gasteiger partial charge in [-0.1, -0.05) is 0 Å². The number of anilines is 1. The van der Waals surface area contributed by atoms with Crippen molar-refractivity contribution in [2.45, 2.75) is 6.92 Å². The maximum atomic E-state index is 12.5. The van der Waals surface area contributed by atoms with Crippen LogP contribution in [0.15, 0.2) is 40.9 Å². The van der Waals surface area contributed by atoms with Gasteiger partial charge in [-0.3, -0.25) is 4.79 Å². The molecule has 0 amide bonds. The third-order valence-electron chi connectivity index (χ3n) is 2.99. The second kappa shape index (κ2) is 6.63. The number of ether oxygens (including phenoxy) is 2. The molecule has 0 saturated carbocycles. The molecule has 0 heterocycles. The summed E-state index contributed by atoms with van der Waals surface area (Å²) in [6, 6.07) is 10.3. The van der Waals surface area contributed by atoms with Gasteiger partial charge in [-0.15, -0.1) is 0 Å². The largest absolute Gasteiger partial charge is 0.497 e. The van der Waals surface area contributed by atoms with Crippen molar-refractivity contribution >= 4 is 27.4 Å². The first-order valence-corrected chi connectivity index (χ1v) is 7.26. The van der Waals surface area contributed by atoms with Crippen LogP contribution in [-0.2, 0) is 0 Å². The molecule has 0 fully saturated rings. The molecule has 0 atom stereocenters. The van der Waals surface area contributed by atoms with E-state index in [0.717, 1.165) is 0 Å². The molecule has 0 aliphatic heterocycles. The van der Waals surface area contributed by atoms with E-state index in [2.05, 4.69) is 15.9 Å². The maximum absolute atomic E-state index is 12.5. The number of hydrogen-bond acceptors (Lipinski definition) is 4. The molecule has 2 rings (SSSR count). The zero-order chi connectivity index (χ0) is 15.4. The standard InChI is InChI=1S/C16H16BrNO3/c1-3-21-15-7-4-10(8-14(15)18)16(19)12-6-5-11(20-2)9-13(12)17/h4-9H,3,18H2,1-2H3. The van der Waals surface area contributed by atoms with Gasteiger partial charge in [0, 0.05) is 15.6 Å². The smallest absolute Gasteiger partial charge is 0.194 e. The zero-order valence-electron chi connectivity index (χ0n) is 11.9. The molecule has 110 valence electrons. The van der Waals surface area contributed by atoms with E-state index in [0.29, 0.717) is 39.4 Å². The monoisotopic (exact) mass is 349 g/mol. The molecular weight excluding hydrogens is 334 g/mol. The summed E-state index contributed by atoms with van der Waals surface area (Å²) >= 11 is 3.39. The number of rotatable bonds is 5. The number of halogens is 1. The molecule has 0 saturated heterocycles. The zero-order valence-corrected chi connectivity index (χ0v) is 13.4. The van der Waals surface area contributed by atoms with Gasteiger partial charge >= 0.3 is 0 Å². The normalized spacial score (nSPS) is 10.2. The predicted molar refractivity (Wildman–Crippen MR) is 86.1 cm³/mol. The minimum atomic E-state index is -0.112. The molecule has 0 aromatic heterocycles. The molecule has 0 bridgehead atoms. The Morgan fingerprint density at radius 3 is 2.57 bits per heavy atom. The first-order chi connectivity index (χ1) is 10.1. The molecule has 0 radical (unpaired) electrons. The van der Waals surface area contributed by atoms with Crippen LogP contribution in [-0.4, -0.2) is 19.5 Å². The lowest BCUT2D eigenvalue weighted by Gasteiger charge is -2.10. The van der Waals surface area contributed by atoms with Crippen LogP contribution in [0.4, 0.5) is 5.69 Å². The Balaban J connectivity index is 2.34. The Morgan fingerprint density at radius 2 is 2.00 bits per heavy atom. The number of hydrogen-bond donors (Lipinski definition) is 1. The average molecular weight is 350 g/mol. The molecule has 4 nitrogen and oxygen atoms in total. The van der Waals surface area contributed by atoms with Crippen LogP contribution in [0.2, 0.25) is 0 Å². The fourth-order valence-corrected chi connectivity index (χ4v) is 2.48. The molecule has 0 spiro atoms. The van der Waals surface area contributed by atoms with Crippen molar-refractivity contribution < 1.29 is 14.3 Å². The summed E-state index contributed by atoms with van der Waals surface area (Å²) in [6.07, 6.45) is 0. The van der Waals surface area contributed by atoms with Gasteiger partial charge in [0.2, 0.25) is 0 Å². The fourth-order valence-electron chi connectivity index (χ4n) is 1.94. The third-order valence-corrected chi connectivity index (χ3v) is 3.65. The number of carbonyl (C=O) groups is 1. The summed E-state index contributed by atoms with van der Waals surface area (Å²) in [6.45, 7) is 2.41. The van der Waals surface area contributed by atoms with Crippen molar-refractivity contribution in [2.24, 2.45) is 0 Å². The first kappa shape index (κ1) is 15.4. The highest BCUT2D eigenvalue weighted by molar-refractivity contribution is 9.10. The van der Waals surface area contributed by atoms with E-state index in [1.54, 1.807) is 43.5 Å². The lowest BCUT2D eigenvalue weighted by atomic mass is 10.0. The van der Waals surface area contributed by atoms with Gasteiger partial charge < -0.3 is 15.2 Å². The molecular formula is C16H16BrNO3. The van der Waals surface area contributed by atoms with Crippen LogP contribution in [0.3, 0.4) is 0 Å². The molecule has 21 heavy (non-hydrogen) atoms. The van der Waals surface area contributed by atoms with Crippen LogP contribution >= 0.6 is 15.9 Å². The van der Waals surface area contributed by atoms with E-state index in [1.807, 2.05) is 6.92 Å². The second-order valence-corrected chi connectivity index (χ2v) is 5.21. The number of nitrogens with two attached hydrogens (primary N) is 1. The van der Waals surface area contributed by atoms with Crippen molar-refractivity contribution in [3.63, 3.8) is 0 Å². The molecule has 2 aromatic rings. The van der Waals surface area contributed by atoms with Gasteiger partial charge in [0.1, 0.15) is 11.5 Å². The molecule has 0 aliphatic carbocycles. The summed E-state index contributed by atoms with van der Waals surface area (Å²) in [5.74, 6) is 1.16. The van der Waals surface area contributed by atoms with Crippen LogP contribution in [0.25, 0.3) is 0 Å². The molecule has 2 aromatic carbocycles. The summed E-state index contributed by atoms with van der Waals surface area (Å²) < 4.78 is 11.2. The highest BCUT2D eigenvalue weighted by Crippen LogP contribution is 2.28. The minimum Gasteiger partial charge on any atom is -0.497 e. The predicted octanol–water partition coefficient (Wildman–Crippen LogP) is 3.67. The minimum absolute atomic E-state index is 0.112. The van der Waals surface area contributed by atoms with E-state index in [-0.39, 0.29) is 5.78 Å². The van der Waals surface area contributed by atoms with Crippen molar-refractivity contribution in [3.05, 3.63) is 52.0 Å². The van der Waals surface area contributed by atoms with E-state index in [4.69, 9.17) is 15.2 Å². The molecule has 0 unspecified atom stereocenters. The number of benzene rings is 2. The highest BCUT2D eigenvalue weighted by atomic mass is 79.9. The Hall–Kier alpha value is -2.01. The van der Waals surface area contributed by atoms with Gasteiger partial charge in [-0.25, -0.2) is 0 Å². The van der Waals surface area contributed by atoms with E-state index < -0.39 is 0 Å². The van der Waals surface area contributed by atoms with Crippen molar-refractivity contribution in [3.8, 4) is 11.5 Å². The van der Waals surface area contributed by atoms with Gasteiger partial charge in [0.05, 0.1) is 19.4 Å². The van der Waals surface area contributed by atoms with Gasteiger partial charge in [0.25, 0.3) is 0 Å². The van der Waals surface area contributed by atoms with Gasteiger partial charge in [-0.2, -0.15) is 0 Å². The van der Waals surface area contributed by atoms with Crippen molar-refractivity contribution in [1.82, 2.24) is 0 Å². The SMILES string of the molecule is CCOc1ccc(C(=O)c2ccc(OC)cc2Br)cc1N. The Morgan fingerprint density at radius 1 is 1.24 bits per heavy atom. The molecule has 5 heteroatoms. The maximum Gasteiger partial charge on any atom is 0.194 e. The summed E-state index contributed by atoms with van der Waals surface area (Å²) in [5.41, 5.74) is 7.42. The third kappa shape index (κ3) is 3.36. The number of methoxy groups -OCH3 is 1. The molecule has 2 N–H and O–H groups in total. The molecule has 0 aliphatic rings. The lowest BCUT2D eigenvalue weighted by Crippen LogP contribution is -2.05. The number of nitrogen functional groups attached to an aromatic ring is 1. The average Bonchev–Trinajstić information content (AvgIpc) is 2.48. The summed E-state index contributed by atoms with van der Waals surface area (Å²) in [4.78, 5) is 12.5. The number of ketones is 1. The fraction of sp³-hybridized carbons (Fsp3) is 0.188. The van der Waals surface area contributed by atoms with Crippen LogP contribution in [0.5, 0.6) is 11.5 Å². The Bertz CT molecular complexity index is 671. The van der Waals surface area contributed by atoms with E-state index >= 15 is 0 Å². The van der Waals surface area contributed by atoms with E-state index in [1.165, 1.54) is 0 Å².